The van der Waals surface area contributed by atoms with E-state index in [-0.39, 0.29) is 0 Å². The number of aromatic nitrogens is 2. The predicted octanol–water partition coefficient (Wildman–Crippen LogP) is 2.13. The topological polar surface area (TPSA) is 77.8 Å². The molecule has 4 N–H and O–H groups in total. The van der Waals surface area contributed by atoms with Crippen LogP contribution in [0.2, 0.25) is 0 Å². The van der Waals surface area contributed by atoms with E-state index in [9.17, 15) is 0 Å². The van der Waals surface area contributed by atoms with Crippen LogP contribution < -0.4 is 11.5 Å². The first-order chi connectivity index (χ1) is 7.81. The molecule has 1 aliphatic carbocycles. The average molecular weight is 240 g/mol. The van der Waals surface area contributed by atoms with E-state index in [1.54, 1.807) is 0 Å². The van der Waals surface area contributed by atoms with Crippen LogP contribution in [0, 0.1) is 5.92 Å². The lowest BCUT2D eigenvalue weighted by Crippen LogP contribution is -2.19. The van der Waals surface area contributed by atoms with Gasteiger partial charge in [0.2, 0.25) is 0 Å². The van der Waals surface area contributed by atoms with Gasteiger partial charge in [-0.1, -0.05) is 32.1 Å². The Morgan fingerprint density at radius 1 is 1.25 bits per heavy atom. The summed E-state index contributed by atoms with van der Waals surface area (Å²) < 4.78 is 8.31. The molecule has 1 atom stereocenters. The zero-order valence-corrected chi connectivity index (χ0v) is 10.4. The molecule has 1 saturated carbocycles. The molecule has 0 amide bonds. The van der Waals surface area contributed by atoms with Gasteiger partial charge < -0.3 is 11.5 Å². The highest BCUT2D eigenvalue weighted by atomic mass is 32.1. The maximum absolute atomic E-state index is 5.83. The number of hydrogen-bond acceptors (Lipinski definition) is 5. The highest BCUT2D eigenvalue weighted by molar-refractivity contribution is 6.99. The van der Waals surface area contributed by atoms with Crippen molar-refractivity contribution in [3.8, 4) is 0 Å². The molecule has 4 nitrogen and oxygen atoms in total. The van der Waals surface area contributed by atoms with Gasteiger partial charge in [-0.3, -0.25) is 0 Å². The molecule has 0 radical (unpaired) electrons. The number of nitrogen functional groups attached to an aromatic ring is 1. The quantitative estimate of drug-likeness (QED) is 0.845. The van der Waals surface area contributed by atoms with Crippen LogP contribution in [-0.2, 0) is 0 Å². The number of rotatable bonds is 4. The van der Waals surface area contributed by atoms with Crippen LogP contribution >= 0.6 is 11.7 Å². The second-order valence-corrected chi connectivity index (χ2v) is 5.24. The molecule has 1 heterocycles. The molecule has 0 aromatic carbocycles. The van der Waals surface area contributed by atoms with Crippen LogP contribution in [0.4, 0.5) is 5.82 Å². The number of nitrogens with two attached hydrogens (primary N) is 2. The highest BCUT2D eigenvalue weighted by Gasteiger charge is 2.22. The fourth-order valence-corrected chi connectivity index (χ4v) is 3.18. The van der Waals surface area contributed by atoms with Crippen molar-refractivity contribution in [2.45, 2.75) is 44.4 Å². The van der Waals surface area contributed by atoms with Gasteiger partial charge in [0.1, 0.15) is 5.69 Å². The molecule has 1 fully saturated rings. The van der Waals surface area contributed by atoms with Crippen molar-refractivity contribution in [3.05, 3.63) is 5.69 Å². The Morgan fingerprint density at radius 3 is 2.56 bits per heavy atom. The Hall–Kier alpha value is -0.680. The van der Waals surface area contributed by atoms with Gasteiger partial charge in [0, 0.05) is 12.5 Å². The molecule has 0 aliphatic heterocycles. The summed E-state index contributed by atoms with van der Waals surface area (Å²) in [6.07, 6.45) is 7.94. The van der Waals surface area contributed by atoms with Crippen LogP contribution in [0.3, 0.4) is 0 Å². The fourth-order valence-electron chi connectivity index (χ4n) is 2.63. The van der Waals surface area contributed by atoms with Crippen LogP contribution in [0.15, 0.2) is 0 Å². The second-order valence-electron chi connectivity index (χ2n) is 4.71. The minimum absolute atomic E-state index is 0.307. The third-order valence-corrected chi connectivity index (χ3v) is 4.11. The summed E-state index contributed by atoms with van der Waals surface area (Å²) in [6, 6.07) is 0. The normalized spacial score (nSPS) is 19.8. The first-order valence-electron chi connectivity index (χ1n) is 6.09. The Labute approximate surface area is 101 Å². The van der Waals surface area contributed by atoms with Gasteiger partial charge >= 0.3 is 0 Å². The molecular weight excluding hydrogens is 220 g/mol. The SMILES string of the molecule is NC[C@H](CC1CCCCC1)c1nsnc1N. The van der Waals surface area contributed by atoms with Crippen LogP contribution in [0.1, 0.15) is 50.1 Å². The van der Waals surface area contributed by atoms with Gasteiger partial charge in [0.05, 0.1) is 11.7 Å². The number of hydrogen-bond donors (Lipinski definition) is 2. The largest absolute Gasteiger partial charge is 0.381 e. The van der Waals surface area contributed by atoms with Gasteiger partial charge in [-0.25, -0.2) is 0 Å². The zero-order valence-electron chi connectivity index (χ0n) is 9.56. The van der Waals surface area contributed by atoms with Crippen molar-refractivity contribution in [1.29, 1.82) is 0 Å². The molecule has 5 heteroatoms. The Balaban J connectivity index is 1.97. The monoisotopic (exact) mass is 240 g/mol. The Kier molecular flexibility index (Phi) is 4.12. The highest BCUT2D eigenvalue weighted by Crippen LogP contribution is 2.33. The zero-order chi connectivity index (χ0) is 11.4. The fraction of sp³-hybridized carbons (Fsp3) is 0.818. The van der Waals surface area contributed by atoms with E-state index in [1.807, 2.05) is 0 Å². The van der Waals surface area contributed by atoms with Crippen molar-refractivity contribution >= 4 is 17.5 Å². The first-order valence-corrected chi connectivity index (χ1v) is 6.82. The lowest BCUT2D eigenvalue weighted by atomic mass is 9.82. The van der Waals surface area contributed by atoms with Gasteiger partial charge in [-0.2, -0.15) is 8.75 Å². The van der Waals surface area contributed by atoms with E-state index in [1.165, 1.54) is 43.8 Å². The molecule has 0 saturated heterocycles. The molecular formula is C11H20N4S. The standard InChI is InChI=1S/C11H20N4S/c12-7-9(10-11(13)15-16-14-10)6-8-4-2-1-3-5-8/h8-9H,1-7,12H2,(H2,13,15)/t9-/m0/s1. The van der Waals surface area contributed by atoms with Crippen LogP contribution in [0.25, 0.3) is 0 Å². The van der Waals surface area contributed by atoms with Crippen LogP contribution in [-0.4, -0.2) is 15.3 Å². The third-order valence-electron chi connectivity index (χ3n) is 3.55. The van der Waals surface area contributed by atoms with E-state index in [0.717, 1.165) is 18.0 Å². The van der Waals surface area contributed by atoms with E-state index in [2.05, 4.69) is 8.75 Å². The van der Waals surface area contributed by atoms with E-state index >= 15 is 0 Å². The molecule has 1 aromatic heterocycles. The Bertz CT molecular complexity index is 320. The van der Waals surface area contributed by atoms with E-state index in [0.29, 0.717) is 18.3 Å². The minimum Gasteiger partial charge on any atom is -0.381 e. The first kappa shape index (κ1) is 11.8. The lowest BCUT2D eigenvalue weighted by molar-refractivity contribution is 0.318. The summed E-state index contributed by atoms with van der Waals surface area (Å²) in [5.74, 6) is 1.70. The maximum atomic E-state index is 5.83. The molecule has 1 aliphatic rings. The minimum atomic E-state index is 0.307. The van der Waals surface area contributed by atoms with Crippen LogP contribution in [0.5, 0.6) is 0 Å². The summed E-state index contributed by atoms with van der Waals surface area (Å²) in [5, 5.41) is 0. The summed E-state index contributed by atoms with van der Waals surface area (Å²) in [6.45, 7) is 0.631. The second kappa shape index (κ2) is 5.59. The summed E-state index contributed by atoms with van der Waals surface area (Å²) in [5.41, 5.74) is 12.6. The van der Waals surface area contributed by atoms with Crippen molar-refractivity contribution in [2.24, 2.45) is 11.7 Å². The van der Waals surface area contributed by atoms with Crippen molar-refractivity contribution in [2.75, 3.05) is 12.3 Å². The molecule has 0 unspecified atom stereocenters. The van der Waals surface area contributed by atoms with E-state index < -0.39 is 0 Å². The summed E-state index contributed by atoms with van der Waals surface area (Å²) in [7, 11) is 0. The van der Waals surface area contributed by atoms with Crippen molar-refractivity contribution in [1.82, 2.24) is 8.75 Å². The smallest absolute Gasteiger partial charge is 0.161 e. The van der Waals surface area contributed by atoms with Gasteiger partial charge in [-0.05, 0) is 12.3 Å². The third kappa shape index (κ3) is 2.71. The maximum Gasteiger partial charge on any atom is 0.161 e. The molecule has 0 spiro atoms. The lowest BCUT2D eigenvalue weighted by Gasteiger charge is -2.25. The summed E-state index contributed by atoms with van der Waals surface area (Å²) in [4.78, 5) is 0. The molecule has 0 bridgehead atoms. The van der Waals surface area contributed by atoms with E-state index in [4.69, 9.17) is 11.5 Å². The number of nitrogens with zero attached hydrogens (tertiary/aromatic N) is 2. The molecule has 2 rings (SSSR count). The number of anilines is 1. The van der Waals surface area contributed by atoms with Gasteiger partial charge in [-0.15, -0.1) is 0 Å². The summed E-state index contributed by atoms with van der Waals surface area (Å²) >= 11 is 1.19. The molecule has 16 heavy (non-hydrogen) atoms. The van der Waals surface area contributed by atoms with Crippen molar-refractivity contribution < 1.29 is 0 Å². The van der Waals surface area contributed by atoms with Crippen molar-refractivity contribution in [3.63, 3.8) is 0 Å². The Morgan fingerprint density at radius 2 is 2.00 bits per heavy atom. The average Bonchev–Trinajstić information content (AvgIpc) is 2.74. The predicted molar refractivity (Wildman–Crippen MR) is 67.3 cm³/mol. The molecule has 1 aromatic rings. The molecule has 90 valence electrons. The van der Waals surface area contributed by atoms with Gasteiger partial charge in [0.25, 0.3) is 0 Å². The van der Waals surface area contributed by atoms with Gasteiger partial charge in [0.15, 0.2) is 5.82 Å².